The van der Waals surface area contributed by atoms with Gasteiger partial charge in [0.05, 0.1) is 16.4 Å². The molecule has 1 N–H and O–H groups in total. The Morgan fingerprint density at radius 3 is 2.63 bits per heavy atom. The van der Waals surface area contributed by atoms with Crippen LogP contribution in [-0.2, 0) is 0 Å². The number of non-ortho nitro benzene ring substituents is 1. The predicted molar refractivity (Wildman–Crippen MR) is 125 cm³/mol. The molecule has 5 aromatic rings. The van der Waals surface area contributed by atoms with Crippen molar-refractivity contribution in [3.63, 3.8) is 0 Å². The molecule has 0 bridgehead atoms. The first-order valence-electron chi connectivity index (χ1n) is 10.2. The summed E-state index contributed by atoms with van der Waals surface area (Å²) in [6, 6.07) is 17.0. The van der Waals surface area contributed by atoms with Gasteiger partial charge in [-0.05, 0) is 35.9 Å². The van der Waals surface area contributed by atoms with Gasteiger partial charge in [-0.25, -0.2) is 4.98 Å². The highest BCUT2D eigenvalue weighted by Gasteiger charge is 2.24. The second-order valence-corrected chi connectivity index (χ2v) is 8.23. The highest BCUT2D eigenvalue weighted by Crippen LogP contribution is 2.28. The highest BCUT2D eigenvalue weighted by atomic mass is 32.1. The molecule has 0 aliphatic carbocycles. The minimum Gasteiger partial charge on any atom is -0.539 e. The van der Waals surface area contributed by atoms with E-state index in [0.717, 1.165) is 5.56 Å². The topological polar surface area (TPSA) is 147 Å². The molecule has 5 rings (SSSR count). The summed E-state index contributed by atoms with van der Waals surface area (Å²) < 4.78 is 12.0. The van der Waals surface area contributed by atoms with E-state index in [-0.39, 0.29) is 11.4 Å². The normalized spacial score (nSPS) is 11.2. The van der Waals surface area contributed by atoms with Crippen LogP contribution < -0.4 is 15.2 Å². The first-order valence-corrected chi connectivity index (χ1v) is 11.1. The first-order chi connectivity index (χ1) is 17.0. The average molecular weight is 488 g/mol. The summed E-state index contributed by atoms with van der Waals surface area (Å²) in [5.74, 6) is 0.426. The number of benzene rings is 2. The van der Waals surface area contributed by atoms with Crippen LogP contribution in [0.25, 0.3) is 28.4 Å². The Hall–Kier alpha value is -4.84. The predicted octanol–water partition coefficient (Wildman–Crippen LogP) is 4.07. The number of rotatable bonds is 7. The summed E-state index contributed by atoms with van der Waals surface area (Å²) >= 11 is 1.26. The zero-order chi connectivity index (χ0) is 24.4. The Morgan fingerprint density at radius 1 is 1.11 bits per heavy atom. The number of hydrogen-bond acceptors (Lipinski definition) is 10. The summed E-state index contributed by atoms with van der Waals surface area (Å²) in [5.41, 5.74) is 5.89. The third kappa shape index (κ3) is 4.63. The van der Waals surface area contributed by atoms with Crippen molar-refractivity contribution in [3.05, 3.63) is 87.5 Å². The van der Waals surface area contributed by atoms with Crippen LogP contribution in [-0.4, -0.2) is 21.4 Å². The second kappa shape index (κ2) is 9.19. The van der Waals surface area contributed by atoms with Gasteiger partial charge in [0.25, 0.3) is 11.4 Å². The molecular formula is C23H16N6O5S. The van der Waals surface area contributed by atoms with Crippen molar-refractivity contribution in [2.45, 2.75) is 6.92 Å². The molecule has 0 saturated heterocycles. The number of nitrogens with zero attached hydrogens (tertiary/aromatic N) is 5. The SMILES string of the molecule is Cc1ccc(-[n+]2noc([O-])c2-c2csc(N/N=C/c3ccc(-c4ccc([N+](=O)[O-])cc4)o3)n2)cc1. The van der Waals surface area contributed by atoms with Crippen molar-refractivity contribution in [1.82, 2.24) is 10.3 Å². The number of nitro benzene ring substituents is 1. The molecule has 0 aliphatic rings. The number of anilines is 1. The van der Waals surface area contributed by atoms with Gasteiger partial charge in [-0.1, -0.05) is 17.7 Å². The minimum absolute atomic E-state index is 0.00815. The fourth-order valence-electron chi connectivity index (χ4n) is 3.23. The van der Waals surface area contributed by atoms with Crippen molar-refractivity contribution in [2.24, 2.45) is 5.10 Å². The van der Waals surface area contributed by atoms with E-state index >= 15 is 0 Å². The number of aromatic nitrogens is 3. The maximum Gasteiger partial charge on any atom is 0.289 e. The smallest absolute Gasteiger partial charge is 0.289 e. The van der Waals surface area contributed by atoms with Gasteiger partial charge in [0.2, 0.25) is 10.8 Å². The molecule has 35 heavy (non-hydrogen) atoms. The molecule has 0 spiro atoms. The van der Waals surface area contributed by atoms with E-state index in [2.05, 4.69) is 20.8 Å². The molecule has 174 valence electrons. The molecular weight excluding hydrogens is 472 g/mol. The van der Waals surface area contributed by atoms with Crippen LogP contribution in [0.2, 0.25) is 0 Å². The maximum atomic E-state index is 12.3. The van der Waals surface area contributed by atoms with Crippen LogP contribution in [0.4, 0.5) is 10.8 Å². The third-order valence-corrected chi connectivity index (χ3v) is 5.72. The average Bonchev–Trinajstić information content (AvgIpc) is 3.60. The summed E-state index contributed by atoms with van der Waals surface area (Å²) in [7, 11) is 0. The number of aryl methyl sites for hydroxylation is 1. The van der Waals surface area contributed by atoms with Gasteiger partial charge in [-0.15, -0.1) is 11.3 Å². The Labute approximate surface area is 201 Å². The number of hydrogen-bond donors (Lipinski definition) is 1. The van der Waals surface area contributed by atoms with E-state index in [9.17, 15) is 15.2 Å². The summed E-state index contributed by atoms with van der Waals surface area (Å²) in [4.78, 5) is 14.8. The molecule has 0 atom stereocenters. The van der Waals surface area contributed by atoms with Gasteiger partial charge in [-0.2, -0.15) is 5.10 Å². The number of thiazole rings is 1. The van der Waals surface area contributed by atoms with Crippen molar-refractivity contribution in [3.8, 4) is 34.3 Å². The van der Waals surface area contributed by atoms with E-state index in [1.807, 2.05) is 31.2 Å². The molecule has 12 heteroatoms. The monoisotopic (exact) mass is 488 g/mol. The molecule has 0 aliphatic heterocycles. The molecule has 3 heterocycles. The molecule has 0 amide bonds. The van der Waals surface area contributed by atoms with Gasteiger partial charge < -0.3 is 14.0 Å². The van der Waals surface area contributed by atoms with Gasteiger partial charge in [0.1, 0.15) is 11.5 Å². The van der Waals surface area contributed by atoms with E-state index in [1.54, 1.807) is 29.6 Å². The van der Waals surface area contributed by atoms with Crippen LogP contribution in [0.5, 0.6) is 5.95 Å². The molecule has 2 aromatic carbocycles. The van der Waals surface area contributed by atoms with Crippen LogP contribution >= 0.6 is 11.3 Å². The lowest BCUT2D eigenvalue weighted by molar-refractivity contribution is -0.660. The van der Waals surface area contributed by atoms with Crippen LogP contribution in [0.1, 0.15) is 11.3 Å². The van der Waals surface area contributed by atoms with Gasteiger partial charge in [0.15, 0.2) is 11.6 Å². The summed E-state index contributed by atoms with van der Waals surface area (Å²) in [6.45, 7) is 1.97. The zero-order valence-corrected chi connectivity index (χ0v) is 18.9. The molecule has 0 fully saturated rings. The van der Waals surface area contributed by atoms with E-state index < -0.39 is 10.9 Å². The lowest BCUT2D eigenvalue weighted by Crippen LogP contribution is -2.34. The van der Waals surface area contributed by atoms with Crippen LogP contribution in [0, 0.1) is 17.0 Å². The van der Waals surface area contributed by atoms with Gasteiger partial charge >= 0.3 is 0 Å². The van der Waals surface area contributed by atoms with Crippen LogP contribution in [0.15, 0.2) is 80.1 Å². The molecule has 0 saturated carbocycles. The van der Waals surface area contributed by atoms with E-state index in [0.29, 0.717) is 33.6 Å². The third-order valence-electron chi connectivity index (χ3n) is 4.98. The molecule has 0 radical (unpaired) electrons. The summed E-state index contributed by atoms with van der Waals surface area (Å²) in [6.07, 6.45) is 1.47. The molecule has 0 unspecified atom stereocenters. The highest BCUT2D eigenvalue weighted by molar-refractivity contribution is 7.14. The fraction of sp³-hybridized carbons (Fsp3) is 0.0435. The minimum atomic E-state index is -0.597. The summed E-state index contributed by atoms with van der Waals surface area (Å²) in [5, 5.41) is 33.2. The Kier molecular flexibility index (Phi) is 5.77. The Bertz CT molecular complexity index is 1520. The zero-order valence-electron chi connectivity index (χ0n) is 18.1. The Morgan fingerprint density at radius 2 is 1.89 bits per heavy atom. The largest absolute Gasteiger partial charge is 0.539 e. The number of nitrogens with one attached hydrogen (secondary N) is 1. The van der Waals surface area contributed by atoms with Crippen molar-refractivity contribution >= 4 is 28.4 Å². The van der Waals surface area contributed by atoms with Crippen LogP contribution in [0.3, 0.4) is 0 Å². The first kappa shape index (κ1) is 22.0. The van der Waals surface area contributed by atoms with Crippen molar-refractivity contribution in [1.29, 1.82) is 0 Å². The fourth-order valence-corrected chi connectivity index (χ4v) is 3.88. The molecule has 3 aromatic heterocycles. The second-order valence-electron chi connectivity index (χ2n) is 7.37. The van der Waals surface area contributed by atoms with Crippen molar-refractivity contribution in [2.75, 3.05) is 5.43 Å². The van der Waals surface area contributed by atoms with Gasteiger partial charge in [-0.3, -0.25) is 15.5 Å². The number of furan rings is 1. The standard InChI is InChI=1S/C23H16N6O5S/c1-14-2-6-16(7-3-14)28-21(22(30)34-27-28)19-13-35-23(25-19)26-24-12-18-10-11-20(33-18)15-4-8-17(9-5-15)29(31)32/h2-13H,1H3,(H-,25,26,27,30)/b24-12+. The lowest BCUT2D eigenvalue weighted by atomic mass is 10.1. The maximum absolute atomic E-state index is 12.3. The van der Waals surface area contributed by atoms with Crippen molar-refractivity contribution < 1.29 is 23.7 Å². The lowest BCUT2D eigenvalue weighted by Gasteiger charge is -1.96. The van der Waals surface area contributed by atoms with E-state index in [4.69, 9.17) is 8.94 Å². The molecule has 11 nitrogen and oxygen atoms in total. The Balaban J connectivity index is 1.29. The number of hydrazone groups is 1. The van der Waals surface area contributed by atoms with E-state index in [1.165, 1.54) is 34.4 Å². The quantitative estimate of drug-likeness (QED) is 0.156. The number of nitro groups is 1. The van der Waals surface area contributed by atoms with Gasteiger partial charge in [0, 0.05) is 35.2 Å².